The zero-order valence-corrected chi connectivity index (χ0v) is 19.1. The van der Waals surface area contributed by atoms with Crippen LogP contribution in [0.3, 0.4) is 0 Å². The van der Waals surface area contributed by atoms with E-state index >= 15 is 0 Å². The van der Waals surface area contributed by atoms with Crippen LogP contribution in [0.15, 0.2) is 47.4 Å². The van der Waals surface area contributed by atoms with Crippen molar-refractivity contribution in [2.24, 2.45) is 0 Å². The van der Waals surface area contributed by atoms with Gasteiger partial charge in [0.05, 0.1) is 5.02 Å². The maximum Gasteiger partial charge on any atom is 0.242 e. The third-order valence-corrected chi connectivity index (χ3v) is 8.11. The molecule has 1 saturated heterocycles. The summed E-state index contributed by atoms with van der Waals surface area (Å²) < 4.78 is 28.7. The Labute approximate surface area is 184 Å². The number of nitrogens with zero attached hydrogens (tertiary/aromatic N) is 3. The van der Waals surface area contributed by atoms with Crippen molar-refractivity contribution in [3.8, 4) is 0 Å². The summed E-state index contributed by atoms with van der Waals surface area (Å²) in [6.07, 6.45) is 1.03. The van der Waals surface area contributed by atoms with Crippen molar-refractivity contribution in [2.45, 2.75) is 17.4 Å². The number of fused-ring (bicyclic) bond motifs is 1. The van der Waals surface area contributed by atoms with E-state index in [0.29, 0.717) is 6.54 Å². The summed E-state index contributed by atoms with van der Waals surface area (Å²) in [6.45, 7) is 5.10. The van der Waals surface area contributed by atoms with Gasteiger partial charge in [-0.1, -0.05) is 35.9 Å². The van der Waals surface area contributed by atoms with Gasteiger partial charge in [-0.2, -0.15) is 0 Å². The molecule has 1 unspecified atom stereocenters. The lowest BCUT2D eigenvalue weighted by Gasteiger charge is -2.38. The Morgan fingerprint density at radius 1 is 1.03 bits per heavy atom. The Morgan fingerprint density at radius 2 is 1.77 bits per heavy atom. The Bertz CT molecular complexity index is 1010. The molecule has 8 heteroatoms. The molecule has 0 aromatic heterocycles. The van der Waals surface area contributed by atoms with Crippen LogP contribution in [-0.2, 0) is 16.4 Å². The first-order valence-electron chi connectivity index (χ1n) is 10.4. The minimum Gasteiger partial charge on any atom is -0.374 e. The molecule has 0 radical (unpaired) electrons. The average Bonchev–Trinajstić information content (AvgIpc) is 3.10. The number of piperazine rings is 1. The number of hydrogen-bond donors (Lipinski definition) is 1. The smallest absolute Gasteiger partial charge is 0.242 e. The molecule has 2 aliphatic heterocycles. The van der Waals surface area contributed by atoms with E-state index in [1.165, 1.54) is 11.3 Å². The zero-order valence-electron chi connectivity index (χ0n) is 17.5. The summed E-state index contributed by atoms with van der Waals surface area (Å²) in [5.74, 6) is 0. The number of hydrogen-bond acceptors (Lipinski definition) is 5. The second kappa shape index (κ2) is 8.85. The highest BCUT2D eigenvalue weighted by Crippen LogP contribution is 2.32. The number of nitrogens with one attached hydrogen (secondary N) is 1. The molecule has 0 aliphatic carbocycles. The molecule has 2 aromatic rings. The molecule has 0 bridgehead atoms. The first kappa shape index (κ1) is 21.6. The molecule has 162 valence electrons. The van der Waals surface area contributed by atoms with Crippen molar-refractivity contribution in [3.05, 3.63) is 58.6 Å². The summed E-state index contributed by atoms with van der Waals surface area (Å²) in [6, 6.07) is 13.1. The third-order valence-electron chi connectivity index (χ3n) is 6.19. The molecular formula is C22H29ClN4O2S. The van der Waals surface area contributed by atoms with Gasteiger partial charge in [-0.3, -0.25) is 4.90 Å². The van der Waals surface area contributed by atoms with Crippen LogP contribution in [0.1, 0.15) is 17.2 Å². The zero-order chi connectivity index (χ0) is 21.3. The number of sulfonamides is 1. The molecule has 0 saturated carbocycles. The molecule has 2 aromatic carbocycles. The molecule has 2 heterocycles. The predicted octanol–water partition coefficient (Wildman–Crippen LogP) is 2.60. The first-order valence-corrected chi connectivity index (χ1v) is 12.2. The lowest BCUT2D eigenvalue weighted by atomic mass is 10.0. The topological polar surface area (TPSA) is 55.9 Å². The highest BCUT2D eigenvalue weighted by atomic mass is 35.5. The monoisotopic (exact) mass is 448 g/mol. The van der Waals surface area contributed by atoms with Crippen molar-refractivity contribution in [2.75, 3.05) is 58.3 Å². The van der Waals surface area contributed by atoms with Gasteiger partial charge in [0, 0.05) is 58.0 Å². The minimum absolute atomic E-state index is 0.0211. The molecule has 1 N–H and O–H groups in total. The predicted molar refractivity (Wildman–Crippen MR) is 122 cm³/mol. The minimum atomic E-state index is -3.69. The molecular weight excluding hydrogens is 420 g/mol. The number of likely N-dealkylation sites (N-methyl/N-ethyl adjacent to an activating group) is 2. The molecule has 6 nitrogen and oxygen atoms in total. The fraction of sp³-hybridized carbons (Fsp3) is 0.455. The maximum atomic E-state index is 12.9. The quantitative estimate of drug-likeness (QED) is 0.736. The molecule has 0 amide bonds. The molecule has 1 fully saturated rings. The number of anilines is 1. The summed E-state index contributed by atoms with van der Waals surface area (Å²) in [4.78, 5) is 7.08. The molecule has 30 heavy (non-hydrogen) atoms. The van der Waals surface area contributed by atoms with Crippen LogP contribution in [-0.4, -0.2) is 71.6 Å². The van der Waals surface area contributed by atoms with E-state index in [0.717, 1.165) is 44.7 Å². The Morgan fingerprint density at radius 3 is 2.50 bits per heavy atom. The third kappa shape index (κ3) is 4.50. The van der Waals surface area contributed by atoms with Crippen molar-refractivity contribution in [1.82, 2.24) is 14.5 Å². The van der Waals surface area contributed by atoms with Gasteiger partial charge >= 0.3 is 0 Å². The SMILES string of the molecule is CN1CCN(C(CNS(=O)(=O)c2ccccc2Cl)c2ccc3c(c2)CCN3C)CC1. The van der Waals surface area contributed by atoms with E-state index < -0.39 is 10.0 Å². The first-order chi connectivity index (χ1) is 14.3. The highest BCUT2D eigenvalue weighted by Gasteiger charge is 2.28. The van der Waals surface area contributed by atoms with Crippen LogP contribution in [0.4, 0.5) is 5.69 Å². The van der Waals surface area contributed by atoms with Gasteiger partial charge in [0.25, 0.3) is 0 Å². The second-order valence-electron chi connectivity index (χ2n) is 8.20. The molecule has 2 aliphatic rings. The van der Waals surface area contributed by atoms with Gasteiger partial charge < -0.3 is 9.80 Å². The van der Waals surface area contributed by atoms with Gasteiger partial charge in [-0.05, 0) is 42.8 Å². The van der Waals surface area contributed by atoms with E-state index in [9.17, 15) is 8.42 Å². The van der Waals surface area contributed by atoms with Crippen LogP contribution >= 0.6 is 11.6 Å². The Kier molecular flexibility index (Phi) is 6.36. The largest absolute Gasteiger partial charge is 0.374 e. The van der Waals surface area contributed by atoms with Gasteiger partial charge in [0.2, 0.25) is 10.0 Å². The summed E-state index contributed by atoms with van der Waals surface area (Å²) in [7, 11) is 0.544. The number of benzene rings is 2. The van der Waals surface area contributed by atoms with Crippen molar-refractivity contribution in [3.63, 3.8) is 0 Å². The van der Waals surface area contributed by atoms with E-state index in [-0.39, 0.29) is 16.0 Å². The lowest BCUT2D eigenvalue weighted by molar-refractivity contribution is 0.113. The standard InChI is InChI=1S/C22H29ClN4O2S/c1-25-11-13-27(14-12-25)21(17-7-8-20-18(15-17)9-10-26(20)2)16-24-30(28,29)22-6-4-3-5-19(22)23/h3-8,15,21,24H,9-14,16H2,1-2H3. The van der Waals surface area contributed by atoms with Crippen molar-refractivity contribution < 1.29 is 8.42 Å². The van der Waals surface area contributed by atoms with E-state index in [4.69, 9.17) is 11.6 Å². The summed E-state index contributed by atoms with van der Waals surface area (Å²) >= 11 is 6.14. The second-order valence-corrected chi connectivity index (χ2v) is 10.3. The van der Waals surface area contributed by atoms with Crippen molar-refractivity contribution in [1.29, 1.82) is 0 Å². The Hall–Kier alpha value is -1.64. The lowest BCUT2D eigenvalue weighted by Crippen LogP contribution is -2.48. The fourth-order valence-electron chi connectivity index (χ4n) is 4.31. The van der Waals surface area contributed by atoms with E-state index in [1.807, 2.05) is 0 Å². The van der Waals surface area contributed by atoms with Crippen LogP contribution in [0.5, 0.6) is 0 Å². The Balaban J connectivity index is 1.59. The normalized spacial score (nSPS) is 19.1. The van der Waals surface area contributed by atoms with Crippen LogP contribution in [0, 0.1) is 0 Å². The molecule has 0 spiro atoms. The van der Waals surface area contributed by atoms with Gasteiger partial charge in [0.15, 0.2) is 0 Å². The number of halogens is 1. The summed E-state index contributed by atoms with van der Waals surface area (Å²) in [5.41, 5.74) is 3.77. The average molecular weight is 449 g/mol. The van der Waals surface area contributed by atoms with Crippen molar-refractivity contribution >= 4 is 27.3 Å². The number of rotatable bonds is 6. The fourth-order valence-corrected chi connectivity index (χ4v) is 5.87. The van der Waals surface area contributed by atoms with Crippen LogP contribution < -0.4 is 9.62 Å². The maximum absolute atomic E-state index is 12.9. The summed E-state index contributed by atoms with van der Waals surface area (Å²) in [5, 5.41) is 0.238. The van der Waals surface area contributed by atoms with Gasteiger partial charge in [0.1, 0.15) is 4.90 Å². The molecule has 4 rings (SSSR count). The van der Waals surface area contributed by atoms with Crippen LogP contribution in [0.25, 0.3) is 0 Å². The molecule has 1 atom stereocenters. The highest BCUT2D eigenvalue weighted by molar-refractivity contribution is 7.89. The van der Waals surface area contributed by atoms with E-state index in [2.05, 4.69) is 51.7 Å². The van der Waals surface area contributed by atoms with Gasteiger partial charge in [-0.25, -0.2) is 13.1 Å². The van der Waals surface area contributed by atoms with Crippen LogP contribution in [0.2, 0.25) is 5.02 Å². The van der Waals surface area contributed by atoms with E-state index in [1.54, 1.807) is 24.3 Å². The van der Waals surface area contributed by atoms with Gasteiger partial charge in [-0.15, -0.1) is 0 Å².